The molecule has 1 aromatic rings. The predicted molar refractivity (Wildman–Crippen MR) is 96.6 cm³/mol. The van der Waals surface area contributed by atoms with Crippen molar-refractivity contribution in [2.24, 2.45) is 0 Å². The predicted octanol–water partition coefficient (Wildman–Crippen LogP) is 0.799. The molecule has 2 amide bonds. The van der Waals surface area contributed by atoms with Crippen LogP contribution in [0.5, 0.6) is 0 Å². The van der Waals surface area contributed by atoms with Crippen molar-refractivity contribution < 1.29 is 14.7 Å². The molecule has 2 heterocycles. The Morgan fingerprint density at radius 2 is 2.00 bits per heavy atom. The van der Waals surface area contributed by atoms with Crippen LogP contribution in [-0.2, 0) is 16.0 Å². The highest BCUT2D eigenvalue weighted by Gasteiger charge is 2.27. The second-order valence-corrected chi connectivity index (χ2v) is 7.14. The lowest BCUT2D eigenvalue weighted by Crippen LogP contribution is -2.45. The van der Waals surface area contributed by atoms with Gasteiger partial charge in [0.1, 0.15) is 0 Å². The third-order valence-corrected chi connectivity index (χ3v) is 5.05. The molecule has 1 saturated heterocycles. The monoisotopic (exact) mass is 345 g/mol. The van der Waals surface area contributed by atoms with Crippen LogP contribution in [0.2, 0.25) is 0 Å². The van der Waals surface area contributed by atoms with Gasteiger partial charge in [0.2, 0.25) is 11.8 Å². The third kappa shape index (κ3) is 4.19. The standard InChI is InChI=1S/C19H27N3O3/c1-14-5-6-18-16(10-14)4-3-7-22(18)19(25)13-20-8-9-21(15(2)23)12-17(24)11-20/h5-6,10,17,24H,3-4,7-9,11-13H2,1-2H3/t17-/m1/s1. The number of aryl methyl sites for hydroxylation is 2. The van der Waals surface area contributed by atoms with Gasteiger partial charge < -0.3 is 14.9 Å². The Hall–Kier alpha value is -1.92. The zero-order valence-electron chi connectivity index (χ0n) is 15.1. The van der Waals surface area contributed by atoms with Crippen molar-refractivity contribution in [3.63, 3.8) is 0 Å². The fraction of sp³-hybridized carbons (Fsp3) is 0.579. The van der Waals surface area contributed by atoms with E-state index in [2.05, 4.69) is 13.0 Å². The summed E-state index contributed by atoms with van der Waals surface area (Å²) in [6, 6.07) is 6.25. The molecule has 2 aliphatic rings. The van der Waals surface area contributed by atoms with Gasteiger partial charge in [-0.2, -0.15) is 0 Å². The molecule has 25 heavy (non-hydrogen) atoms. The Labute approximate surface area is 149 Å². The first-order valence-electron chi connectivity index (χ1n) is 9.00. The van der Waals surface area contributed by atoms with Crippen LogP contribution in [0.15, 0.2) is 18.2 Å². The Morgan fingerprint density at radius 1 is 1.20 bits per heavy atom. The van der Waals surface area contributed by atoms with Crippen molar-refractivity contribution in [1.29, 1.82) is 0 Å². The summed E-state index contributed by atoms with van der Waals surface area (Å²) in [5.74, 6) is 0.0285. The minimum Gasteiger partial charge on any atom is -0.390 e. The lowest BCUT2D eigenvalue weighted by Gasteiger charge is -2.32. The van der Waals surface area contributed by atoms with Crippen LogP contribution < -0.4 is 4.90 Å². The summed E-state index contributed by atoms with van der Waals surface area (Å²) in [4.78, 5) is 29.9. The van der Waals surface area contributed by atoms with Gasteiger partial charge in [0.25, 0.3) is 0 Å². The molecule has 136 valence electrons. The van der Waals surface area contributed by atoms with Gasteiger partial charge in [-0.05, 0) is 31.4 Å². The van der Waals surface area contributed by atoms with E-state index < -0.39 is 6.10 Å². The highest BCUT2D eigenvalue weighted by atomic mass is 16.3. The van der Waals surface area contributed by atoms with E-state index in [-0.39, 0.29) is 18.4 Å². The maximum atomic E-state index is 12.9. The zero-order valence-corrected chi connectivity index (χ0v) is 15.1. The van der Waals surface area contributed by atoms with Crippen LogP contribution in [-0.4, -0.2) is 72.1 Å². The molecule has 0 unspecified atom stereocenters. The molecule has 3 rings (SSSR count). The number of anilines is 1. The molecular weight excluding hydrogens is 318 g/mol. The number of benzene rings is 1. The van der Waals surface area contributed by atoms with Gasteiger partial charge in [-0.1, -0.05) is 17.7 Å². The van der Waals surface area contributed by atoms with Crippen LogP contribution in [0, 0.1) is 6.92 Å². The number of nitrogens with zero attached hydrogens (tertiary/aromatic N) is 3. The fourth-order valence-electron chi connectivity index (χ4n) is 3.75. The average molecular weight is 345 g/mol. The number of aliphatic hydroxyl groups is 1. The highest BCUT2D eigenvalue weighted by molar-refractivity contribution is 5.96. The van der Waals surface area contributed by atoms with Crippen molar-refractivity contribution in [1.82, 2.24) is 9.80 Å². The lowest BCUT2D eigenvalue weighted by atomic mass is 9.99. The third-order valence-electron chi connectivity index (χ3n) is 5.05. The maximum Gasteiger partial charge on any atom is 0.241 e. The van der Waals surface area contributed by atoms with Gasteiger partial charge in [0.05, 0.1) is 12.6 Å². The van der Waals surface area contributed by atoms with Gasteiger partial charge in [0, 0.05) is 45.3 Å². The highest BCUT2D eigenvalue weighted by Crippen LogP contribution is 2.28. The summed E-state index contributed by atoms with van der Waals surface area (Å²) in [7, 11) is 0. The minimum atomic E-state index is -0.615. The first-order valence-corrected chi connectivity index (χ1v) is 9.00. The largest absolute Gasteiger partial charge is 0.390 e. The number of hydrogen-bond donors (Lipinski definition) is 1. The summed E-state index contributed by atoms with van der Waals surface area (Å²) < 4.78 is 0. The second-order valence-electron chi connectivity index (χ2n) is 7.14. The zero-order chi connectivity index (χ0) is 18.0. The van der Waals surface area contributed by atoms with E-state index in [0.29, 0.717) is 26.2 Å². The molecule has 0 aromatic heterocycles. The van der Waals surface area contributed by atoms with E-state index in [4.69, 9.17) is 0 Å². The molecular formula is C19H27N3O3. The smallest absolute Gasteiger partial charge is 0.241 e. The topological polar surface area (TPSA) is 64.1 Å². The molecule has 6 nitrogen and oxygen atoms in total. The first-order chi connectivity index (χ1) is 11.9. The molecule has 2 aliphatic heterocycles. The van der Waals surface area contributed by atoms with E-state index in [9.17, 15) is 14.7 Å². The number of carbonyl (C=O) groups is 2. The quantitative estimate of drug-likeness (QED) is 0.861. The average Bonchev–Trinajstić information content (AvgIpc) is 2.75. The number of fused-ring (bicyclic) bond motifs is 1. The van der Waals surface area contributed by atoms with Gasteiger partial charge in [-0.3, -0.25) is 14.5 Å². The summed E-state index contributed by atoms with van der Waals surface area (Å²) >= 11 is 0. The molecule has 1 N–H and O–H groups in total. The van der Waals surface area contributed by atoms with Crippen LogP contribution in [0.1, 0.15) is 24.5 Å². The first kappa shape index (κ1) is 17.9. The molecule has 1 fully saturated rings. The van der Waals surface area contributed by atoms with Crippen molar-refractivity contribution in [2.75, 3.05) is 44.2 Å². The van der Waals surface area contributed by atoms with Gasteiger partial charge >= 0.3 is 0 Å². The Morgan fingerprint density at radius 3 is 2.76 bits per heavy atom. The molecule has 6 heteroatoms. The SMILES string of the molecule is CC(=O)N1CCN(CC(=O)N2CCCc3cc(C)ccc32)C[C@@H](O)C1. The van der Waals surface area contributed by atoms with Gasteiger partial charge in [0.15, 0.2) is 0 Å². The van der Waals surface area contributed by atoms with Crippen molar-refractivity contribution >= 4 is 17.5 Å². The van der Waals surface area contributed by atoms with Crippen LogP contribution in [0.4, 0.5) is 5.69 Å². The minimum absolute atomic E-state index is 0.0347. The number of aliphatic hydroxyl groups excluding tert-OH is 1. The van der Waals surface area contributed by atoms with Gasteiger partial charge in [-0.15, -0.1) is 0 Å². The number of hydrogen-bond acceptors (Lipinski definition) is 4. The molecule has 1 atom stereocenters. The summed E-state index contributed by atoms with van der Waals surface area (Å²) in [5.41, 5.74) is 3.47. The Balaban J connectivity index is 1.68. The summed E-state index contributed by atoms with van der Waals surface area (Å²) in [5, 5.41) is 10.1. The number of β-amino-alcohol motifs (C(OH)–C–C–N with tert-alkyl or cyclic N) is 1. The molecule has 0 aliphatic carbocycles. The van der Waals surface area contributed by atoms with Crippen molar-refractivity contribution in [3.8, 4) is 0 Å². The normalized spacial score (nSPS) is 21.6. The molecule has 0 radical (unpaired) electrons. The Kier molecular flexibility index (Phi) is 5.39. The Bertz CT molecular complexity index is 661. The number of rotatable bonds is 2. The van der Waals surface area contributed by atoms with E-state index in [1.807, 2.05) is 21.9 Å². The number of amides is 2. The molecule has 0 saturated carbocycles. The van der Waals surface area contributed by atoms with E-state index >= 15 is 0 Å². The fourth-order valence-corrected chi connectivity index (χ4v) is 3.75. The number of carbonyl (C=O) groups excluding carboxylic acids is 2. The van der Waals surface area contributed by atoms with Crippen LogP contribution >= 0.6 is 0 Å². The van der Waals surface area contributed by atoms with E-state index in [1.54, 1.807) is 4.90 Å². The maximum absolute atomic E-state index is 12.9. The van der Waals surface area contributed by atoms with Crippen LogP contribution in [0.25, 0.3) is 0 Å². The van der Waals surface area contributed by atoms with Crippen molar-refractivity contribution in [3.05, 3.63) is 29.3 Å². The molecule has 0 spiro atoms. The lowest BCUT2D eigenvalue weighted by molar-refractivity contribution is -0.129. The van der Waals surface area contributed by atoms with Crippen molar-refractivity contribution in [2.45, 2.75) is 32.8 Å². The summed E-state index contributed by atoms with van der Waals surface area (Å²) in [6.07, 6.45) is 1.37. The van der Waals surface area contributed by atoms with E-state index in [1.165, 1.54) is 18.1 Å². The summed E-state index contributed by atoms with van der Waals surface area (Å²) in [6.45, 7) is 6.52. The van der Waals surface area contributed by atoms with Crippen LogP contribution in [0.3, 0.4) is 0 Å². The molecule has 1 aromatic carbocycles. The van der Waals surface area contributed by atoms with Gasteiger partial charge in [-0.25, -0.2) is 0 Å². The molecule has 0 bridgehead atoms. The van der Waals surface area contributed by atoms with E-state index in [0.717, 1.165) is 25.1 Å². The second kappa shape index (κ2) is 7.54.